The largest absolute Gasteiger partial charge is 0.488 e. The van der Waals surface area contributed by atoms with Gasteiger partial charge in [0.2, 0.25) is 11.1 Å². The molecule has 6 heterocycles. The molecule has 15 N–H and O–H groups in total. The Morgan fingerprint density at radius 1 is 0.588 bits per heavy atom. The smallest absolute Gasteiger partial charge is 0.386 e. The van der Waals surface area contributed by atoms with E-state index in [0.29, 0.717) is 15.2 Å². The van der Waals surface area contributed by atoms with Crippen LogP contribution in [0.25, 0.3) is 0 Å². The van der Waals surface area contributed by atoms with Gasteiger partial charge in [0.05, 0.1) is 17.6 Å². The molecule has 31 nitrogen and oxygen atoms in total. The van der Waals surface area contributed by atoms with Gasteiger partial charge in [-0.15, -0.1) is 34.8 Å². The van der Waals surface area contributed by atoms with Crippen molar-refractivity contribution in [3.8, 4) is 0 Å². The summed E-state index contributed by atoms with van der Waals surface area (Å²) in [5, 5.41) is 30.3. The number of alkyl halides is 6. The maximum absolute atomic E-state index is 14.7. The number of hydrogen-bond donors (Lipinski definition) is 12. The molecule has 0 spiro atoms. The first-order chi connectivity index (χ1) is 36.5. The van der Waals surface area contributed by atoms with E-state index in [1.807, 2.05) is 0 Å². The van der Waals surface area contributed by atoms with Crippen molar-refractivity contribution >= 4 is 90.2 Å². The highest BCUT2D eigenvalue weighted by molar-refractivity contribution is 7.69. The lowest BCUT2D eigenvalue weighted by Crippen LogP contribution is -2.42. The van der Waals surface area contributed by atoms with Gasteiger partial charge in [-0.3, -0.25) is 22.8 Å². The van der Waals surface area contributed by atoms with Gasteiger partial charge in [-0.25, -0.2) is 45.4 Å². The number of halogens is 9. The predicted molar refractivity (Wildman–Crippen MR) is 265 cm³/mol. The minimum Gasteiger partial charge on any atom is -0.386 e. The van der Waals surface area contributed by atoms with Crippen LogP contribution in [0, 0.1) is 0 Å². The Bertz CT molecular complexity index is 3200. The highest BCUT2D eigenvalue weighted by Gasteiger charge is 2.58. The quantitative estimate of drug-likeness (QED) is 0.0552. The number of aromatic nitrogens is 6. The van der Waals surface area contributed by atoms with Gasteiger partial charge >= 0.3 is 47.9 Å². The molecule has 45 heteroatoms. The van der Waals surface area contributed by atoms with Crippen molar-refractivity contribution < 1.29 is 117 Å². The molecular weight excluding hydrogens is 1270 g/mol. The molecule has 0 radical (unpaired) electrons. The van der Waals surface area contributed by atoms with Crippen LogP contribution in [0.5, 0.6) is 0 Å². The molecule has 3 aliphatic rings. The van der Waals surface area contributed by atoms with Crippen molar-refractivity contribution in [2.45, 2.75) is 72.3 Å². The van der Waals surface area contributed by atoms with Gasteiger partial charge < -0.3 is 80.7 Å². The first-order valence-electron chi connectivity index (χ1n) is 21.1. The number of rotatable bonds is 16. The zero-order valence-electron chi connectivity index (χ0n) is 39.9. The number of nitrogens with two attached hydrogens (primary N) is 3. The van der Waals surface area contributed by atoms with Gasteiger partial charge in [0.25, 0.3) is 0 Å². The van der Waals surface area contributed by atoms with Crippen molar-refractivity contribution in [2.75, 3.05) is 48.2 Å². The second-order valence-corrected chi connectivity index (χ2v) is 27.2. The number of ether oxygens (including phenoxy) is 3. The molecule has 450 valence electrons. The molecule has 0 aliphatic carbocycles. The molecule has 0 amide bonds. The van der Waals surface area contributed by atoms with Crippen LogP contribution < -0.4 is 34.3 Å². The Balaban J connectivity index is 0.000000262. The van der Waals surface area contributed by atoms with Gasteiger partial charge in [0.15, 0.2) is 42.8 Å². The molecule has 3 aromatic heterocycles. The maximum Gasteiger partial charge on any atom is 0.488 e. The fraction of sp³-hybridized carbons (Fsp3) is 0.486. The van der Waals surface area contributed by atoms with Gasteiger partial charge in [-0.05, 0) is 49.8 Å². The Hall–Kier alpha value is -3.70. The summed E-state index contributed by atoms with van der Waals surface area (Å²) in [5.74, 6) is -2.69. The zero-order chi connectivity index (χ0) is 61.3. The summed E-state index contributed by atoms with van der Waals surface area (Å²) in [6.07, 6.45) is -14.4. The average Bonchev–Trinajstić information content (AvgIpc) is 3.82. The highest BCUT2D eigenvalue weighted by atomic mass is 35.5. The Labute approximate surface area is 457 Å². The monoisotopic (exact) mass is 1320 g/mol. The SMILES string of the molecule is CP(C)(=O)/C(F)=C/[C@@]1(CCl)O[C@@H](n2ccc(N)nc2=O)[C@H](F)[C@@H]1O.Nc1ccn([C@@H]2O[C@@](/C=C(\F)P(=O)(O)O)(CCl)[C@@H](O)[C@H]2F)c(=O)n1.Nc1ccn([C@@H]2O[C@@](/C=C(\F)P(=O)(O)OP(=O)(O)OP(=O)(O)O)(CCl)[C@@H](O)[C@H]2F)c(=O)n1. The van der Waals surface area contributed by atoms with Crippen LogP contribution in [0.4, 0.5) is 43.8 Å². The third-order valence-corrected chi connectivity index (χ3v) is 18.0. The molecule has 3 saturated heterocycles. The zero-order valence-corrected chi connectivity index (χ0v) is 46.6. The predicted octanol–water partition coefficient (Wildman–Crippen LogP) is 1.74. The molecule has 3 fully saturated rings. The minimum atomic E-state index is -6.01. The third kappa shape index (κ3) is 15.9. The number of nitrogens with zero attached hydrogens (tertiary/aromatic N) is 6. The van der Waals surface area contributed by atoms with Crippen LogP contribution in [0.3, 0.4) is 0 Å². The fourth-order valence-electron chi connectivity index (χ4n) is 6.90. The number of hydrogen-bond acceptors (Lipinski definition) is 22. The molecule has 0 bridgehead atoms. The molecule has 2 unspecified atom stereocenters. The normalized spacial score (nSPS) is 31.1. The lowest BCUT2D eigenvalue weighted by Gasteiger charge is -2.26. The summed E-state index contributed by atoms with van der Waals surface area (Å²) < 4.78 is 167. The molecular formula is C35H45Cl3F6N9O22P5. The Kier molecular flexibility index (Phi) is 22.1. The van der Waals surface area contributed by atoms with E-state index >= 15 is 0 Å². The van der Waals surface area contributed by atoms with E-state index < -0.39 is 162 Å². The van der Waals surface area contributed by atoms with Gasteiger partial charge in [-0.2, -0.15) is 28.0 Å². The lowest BCUT2D eigenvalue weighted by molar-refractivity contribution is -0.0616. The standard InChI is InChI=1S/C13H17ClF2N3O4P.C11H15ClF2N3O12P3.C11H13ClF2N3O6P/c1-24(2,22)7(15)5-13(6-14)10(20)9(16)11(23-13)19-4-3-8(17)18-12(19)21;12-4-11(3-5(13)30(20,21)28-32(25,26)29-31(22,23)24)8(18)7(14)9(27-11)17-2-1-6(15)16-10(17)19;12-4-11(3-5(13)24(20,21)22)8(18)7(14)9(23-11)17-2-1-6(15)16-10(17)19/h3-5,9-11,20H,6H2,1-2H3,(H2,17,18,21);1-3,7-9,18H,4H2,(H,20,21)(H,25,26)(H2,15,16,19)(H2,22,23,24);1-3,7-9,18H,4H2,(H2,15,16,19)(H2,20,21,22)/b7-5+;2*5-3+/t9-,10+,11-,13+;2*7-,8+,9-,11+/m111/s1. The van der Waals surface area contributed by atoms with E-state index in [-0.39, 0.29) is 29.6 Å². The number of aliphatic hydroxyl groups excluding tert-OH is 3. The van der Waals surface area contributed by atoms with E-state index in [9.17, 15) is 83.8 Å². The number of aliphatic hydroxyl groups is 3. The van der Waals surface area contributed by atoms with E-state index in [1.54, 1.807) is 0 Å². The van der Waals surface area contributed by atoms with E-state index in [0.717, 1.165) is 35.3 Å². The Morgan fingerprint density at radius 2 is 0.875 bits per heavy atom. The summed E-state index contributed by atoms with van der Waals surface area (Å²) in [7, 11) is -26.3. The number of anilines is 3. The van der Waals surface area contributed by atoms with Crippen LogP contribution in [0.1, 0.15) is 18.7 Å². The molecule has 14 atom stereocenters. The summed E-state index contributed by atoms with van der Waals surface area (Å²) in [6.45, 7) is 2.34. The lowest BCUT2D eigenvalue weighted by atomic mass is 9.98. The van der Waals surface area contributed by atoms with Gasteiger partial charge in [0, 0.05) is 18.6 Å². The van der Waals surface area contributed by atoms with Crippen molar-refractivity contribution in [1.29, 1.82) is 0 Å². The summed E-state index contributed by atoms with van der Waals surface area (Å²) >= 11 is 17.0. The van der Waals surface area contributed by atoms with Gasteiger partial charge in [-0.1, -0.05) is 0 Å². The van der Waals surface area contributed by atoms with Crippen LogP contribution in [-0.2, 0) is 45.7 Å². The van der Waals surface area contributed by atoms with E-state index in [2.05, 4.69) is 23.6 Å². The third-order valence-electron chi connectivity index (χ3n) is 10.8. The summed E-state index contributed by atoms with van der Waals surface area (Å²) in [5.41, 5.74) is 0.708. The topological polar surface area (TPSA) is 496 Å². The van der Waals surface area contributed by atoms with Crippen LogP contribution in [-0.4, -0.2) is 158 Å². The fourth-order valence-corrected chi connectivity index (χ4v) is 12.0. The van der Waals surface area contributed by atoms with E-state index in [4.69, 9.17) is 90.7 Å². The molecule has 0 aromatic carbocycles. The van der Waals surface area contributed by atoms with Crippen LogP contribution in [0.2, 0.25) is 0 Å². The molecule has 3 aliphatic heterocycles. The second kappa shape index (κ2) is 25.7. The van der Waals surface area contributed by atoms with Crippen LogP contribution in [0.15, 0.2) is 86.1 Å². The second-order valence-electron chi connectivity index (χ2n) is 17.0. The average molecular weight is 1320 g/mol. The van der Waals surface area contributed by atoms with Crippen LogP contribution >= 0.6 is 72.8 Å². The van der Waals surface area contributed by atoms with Crippen molar-refractivity contribution in [3.63, 3.8) is 0 Å². The summed E-state index contributed by atoms with van der Waals surface area (Å²) in [4.78, 5) is 98.8. The first kappa shape index (κ1) is 68.8. The minimum absolute atomic E-state index is 0.0503. The number of nitrogen functional groups attached to an aromatic ring is 3. The first-order valence-corrected chi connectivity index (χ1v) is 31.5. The highest BCUT2D eigenvalue weighted by Crippen LogP contribution is 2.69. The molecule has 80 heavy (non-hydrogen) atoms. The number of phosphoric acid groups is 2. The Morgan fingerprint density at radius 3 is 1.12 bits per heavy atom. The van der Waals surface area contributed by atoms with Crippen molar-refractivity contribution in [3.05, 3.63) is 103 Å². The van der Waals surface area contributed by atoms with Gasteiger partial charge in [0.1, 0.15) is 59.7 Å². The van der Waals surface area contributed by atoms with E-state index in [1.165, 1.54) is 19.4 Å². The molecule has 6 rings (SSSR count). The molecule has 3 aromatic rings. The van der Waals surface area contributed by atoms with Crippen molar-refractivity contribution in [2.24, 2.45) is 0 Å². The van der Waals surface area contributed by atoms with Crippen molar-refractivity contribution in [1.82, 2.24) is 28.7 Å². The maximum atomic E-state index is 14.7. The molecule has 0 saturated carbocycles. The summed E-state index contributed by atoms with van der Waals surface area (Å²) in [6, 6.07) is 3.47.